The van der Waals surface area contributed by atoms with Crippen molar-refractivity contribution in [3.05, 3.63) is 48.0 Å². The summed E-state index contributed by atoms with van der Waals surface area (Å²) in [6.45, 7) is 4.29. The Bertz CT molecular complexity index is 690. The molecule has 0 N–H and O–H groups in total. The average Bonchev–Trinajstić information content (AvgIpc) is 3.20. The fourth-order valence-corrected chi connectivity index (χ4v) is 4.02. The predicted molar refractivity (Wildman–Crippen MR) is 93.8 cm³/mol. The number of nitrogens with zero attached hydrogens (tertiary/aromatic N) is 4. The molecule has 0 radical (unpaired) electrons. The van der Waals surface area contributed by atoms with Crippen LogP contribution in [0.25, 0.3) is 0 Å². The molecule has 2 aliphatic heterocycles. The maximum absolute atomic E-state index is 6.25. The van der Waals surface area contributed by atoms with Crippen molar-refractivity contribution < 1.29 is 9.47 Å². The van der Waals surface area contributed by atoms with Crippen molar-refractivity contribution in [2.24, 2.45) is 7.05 Å². The molecule has 2 atom stereocenters. The molecule has 25 heavy (non-hydrogen) atoms. The van der Waals surface area contributed by atoms with Gasteiger partial charge in [0.05, 0.1) is 36.8 Å². The molecule has 0 saturated carbocycles. The number of aryl methyl sites for hydroxylation is 1. The zero-order valence-corrected chi connectivity index (χ0v) is 14.8. The monoisotopic (exact) mass is 342 g/mol. The number of hydrogen-bond acceptors (Lipinski definition) is 5. The van der Waals surface area contributed by atoms with Gasteiger partial charge in [-0.15, -0.1) is 0 Å². The van der Waals surface area contributed by atoms with Gasteiger partial charge < -0.3 is 9.47 Å². The average molecular weight is 342 g/mol. The van der Waals surface area contributed by atoms with Gasteiger partial charge in [0.2, 0.25) is 0 Å². The molecule has 0 bridgehead atoms. The van der Waals surface area contributed by atoms with Crippen molar-refractivity contribution in [3.63, 3.8) is 0 Å². The van der Waals surface area contributed by atoms with Crippen LogP contribution in [-0.2, 0) is 29.7 Å². The van der Waals surface area contributed by atoms with Crippen LogP contribution in [0.4, 0.5) is 0 Å². The van der Waals surface area contributed by atoms with Gasteiger partial charge >= 0.3 is 0 Å². The minimum Gasteiger partial charge on any atom is -0.371 e. The lowest BCUT2D eigenvalue weighted by Gasteiger charge is -2.39. The maximum Gasteiger partial charge on any atom is 0.0892 e. The topological polar surface area (TPSA) is 52.4 Å². The van der Waals surface area contributed by atoms with Crippen LogP contribution in [0.5, 0.6) is 0 Å². The van der Waals surface area contributed by atoms with Gasteiger partial charge in [-0.1, -0.05) is 6.07 Å². The lowest BCUT2D eigenvalue weighted by molar-refractivity contribution is -0.0548. The van der Waals surface area contributed by atoms with E-state index in [4.69, 9.17) is 9.47 Å². The van der Waals surface area contributed by atoms with Crippen LogP contribution in [0.2, 0.25) is 0 Å². The van der Waals surface area contributed by atoms with Gasteiger partial charge in [0.15, 0.2) is 0 Å². The molecule has 2 aliphatic rings. The number of rotatable bonds is 5. The van der Waals surface area contributed by atoms with Gasteiger partial charge in [-0.25, -0.2) is 0 Å². The van der Waals surface area contributed by atoms with E-state index in [1.165, 1.54) is 12.0 Å². The first-order valence-electron chi connectivity index (χ1n) is 9.06. The summed E-state index contributed by atoms with van der Waals surface area (Å²) in [6, 6.07) is 5.92. The molecule has 6 heteroatoms. The van der Waals surface area contributed by atoms with E-state index < -0.39 is 0 Å². The minimum atomic E-state index is -0.0464. The van der Waals surface area contributed by atoms with Gasteiger partial charge in [-0.2, -0.15) is 5.10 Å². The summed E-state index contributed by atoms with van der Waals surface area (Å²) in [6.07, 6.45) is 9.30. The second kappa shape index (κ2) is 7.23. The Kier molecular flexibility index (Phi) is 4.83. The van der Waals surface area contributed by atoms with Crippen molar-refractivity contribution in [1.29, 1.82) is 0 Å². The van der Waals surface area contributed by atoms with Crippen molar-refractivity contribution in [2.45, 2.75) is 44.1 Å². The van der Waals surface area contributed by atoms with Crippen LogP contribution in [0.1, 0.15) is 30.5 Å². The Morgan fingerprint density at radius 3 is 3.16 bits per heavy atom. The molecule has 134 valence electrons. The second-order valence-corrected chi connectivity index (χ2v) is 7.29. The summed E-state index contributed by atoms with van der Waals surface area (Å²) in [4.78, 5) is 6.81. The van der Waals surface area contributed by atoms with Crippen LogP contribution < -0.4 is 0 Å². The Hall–Kier alpha value is -1.76. The molecule has 4 heterocycles. The van der Waals surface area contributed by atoms with Gasteiger partial charge in [-0.3, -0.25) is 14.6 Å². The molecular weight excluding hydrogens is 316 g/mol. The van der Waals surface area contributed by atoms with E-state index in [1.807, 2.05) is 42.3 Å². The summed E-state index contributed by atoms with van der Waals surface area (Å²) >= 11 is 0. The Balaban J connectivity index is 1.31. The summed E-state index contributed by atoms with van der Waals surface area (Å²) in [5.41, 5.74) is 2.20. The molecule has 4 rings (SSSR count). The quantitative estimate of drug-likeness (QED) is 0.833. The number of likely N-dealkylation sites (tertiary alicyclic amines) is 1. The molecule has 0 unspecified atom stereocenters. The Labute approximate surface area is 148 Å². The van der Waals surface area contributed by atoms with E-state index in [1.54, 1.807) is 0 Å². The summed E-state index contributed by atoms with van der Waals surface area (Å²) in [5.74, 6) is 0. The number of pyridine rings is 1. The summed E-state index contributed by atoms with van der Waals surface area (Å²) in [5, 5.41) is 4.27. The third kappa shape index (κ3) is 4.08. The second-order valence-electron chi connectivity index (χ2n) is 7.29. The first kappa shape index (κ1) is 16.7. The van der Waals surface area contributed by atoms with Crippen LogP contribution in [0.3, 0.4) is 0 Å². The highest BCUT2D eigenvalue weighted by molar-refractivity contribution is 5.05. The highest BCUT2D eigenvalue weighted by Crippen LogP contribution is 2.36. The molecule has 6 nitrogen and oxygen atoms in total. The van der Waals surface area contributed by atoms with E-state index >= 15 is 0 Å². The molecular formula is C19H26N4O2. The highest BCUT2D eigenvalue weighted by Gasteiger charge is 2.43. The normalized spacial score (nSPS) is 27.2. The molecule has 0 amide bonds. The first-order chi connectivity index (χ1) is 12.2. The molecule has 1 spiro atoms. The molecule has 2 aromatic rings. The first-order valence-corrected chi connectivity index (χ1v) is 9.06. The highest BCUT2D eigenvalue weighted by atomic mass is 16.6. The molecule has 0 aromatic carbocycles. The van der Waals surface area contributed by atoms with Gasteiger partial charge in [0, 0.05) is 44.5 Å². The van der Waals surface area contributed by atoms with Crippen LogP contribution in [-0.4, -0.2) is 51.1 Å². The maximum atomic E-state index is 6.25. The van der Waals surface area contributed by atoms with Crippen LogP contribution in [0.15, 0.2) is 36.8 Å². The lowest BCUT2D eigenvalue weighted by Crippen LogP contribution is -2.47. The smallest absolute Gasteiger partial charge is 0.0892 e. The molecule has 2 saturated heterocycles. The summed E-state index contributed by atoms with van der Waals surface area (Å²) < 4.78 is 14.2. The van der Waals surface area contributed by atoms with Gasteiger partial charge in [-0.05, 0) is 31.5 Å². The van der Waals surface area contributed by atoms with Crippen molar-refractivity contribution in [2.75, 3.05) is 19.7 Å². The lowest BCUT2D eigenvalue weighted by atomic mass is 9.89. The Morgan fingerprint density at radius 2 is 2.36 bits per heavy atom. The van der Waals surface area contributed by atoms with Crippen molar-refractivity contribution >= 4 is 0 Å². The van der Waals surface area contributed by atoms with E-state index in [2.05, 4.69) is 21.2 Å². The molecule has 0 aliphatic carbocycles. The van der Waals surface area contributed by atoms with Crippen LogP contribution in [0, 0.1) is 0 Å². The van der Waals surface area contributed by atoms with Gasteiger partial charge in [0.1, 0.15) is 0 Å². The van der Waals surface area contributed by atoms with E-state index in [0.29, 0.717) is 13.2 Å². The Morgan fingerprint density at radius 1 is 1.40 bits per heavy atom. The van der Waals surface area contributed by atoms with E-state index in [-0.39, 0.29) is 11.7 Å². The standard InChI is InChI=1S/C19H26N4O2/c1-22-11-16(10-21-22)12-23-8-4-6-19(15-23)9-18(14-25-19)24-13-17-5-2-3-7-20-17/h2-3,5,7,10-11,18H,4,6,8-9,12-15H2,1H3/t18-,19-/m0/s1. The zero-order chi connectivity index (χ0) is 17.1. The minimum absolute atomic E-state index is 0.0464. The van der Waals surface area contributed by atoms with Gasteiger partial charge in [0.25, 0.3) is 0 Å². The number of piperidine rings is 1. The summed E-state index contributed by atoms with van der Waals surface area (Å²) in [7, 11) is 1.96. The largest absolute Gasteiger partial charge is 0.371 e. The number of hydrogen-bond donors (Lipinski definition) is 0. The van der Waals surface area contributed by atoms with Crippen LogP contribution >= 0.6 is 0 Å². The fraction of sp³-hybridized carbons (Fsp3) is 0.579. The third-order valence-electron chi connectivity index (χ3n) is 5.15. The third-order valence-corrected chi connectivity index (χ3v) is 5.15. The fourth-order valence-electron chi connectivity index (χ4n) is 4.02. The predicted octanol–water partition coefficient (Wildman–Crippen LogP) is 2.16. The molecule has 2 fully saturated rings. The van der Waals surface area contributed by atoms with Crippen molar-refractivity contribution in [1.82, 2.24) is 19.7 Å². The zero-order valence-electron chi connectivity index (χ0n) is 14.8. The number of ether oxygens (including phenoxy) is 2. The van der Waals surface area contributed by atoms with E-state index in [9.17, 15) is 0 Å². The van der Waals surface area contributed by atoms with Crippen molar-refractivity contribution in [3.8, 4) is 0 Å². The van der Waals surface area contributed by atoms with E-state index in [0.717, 1.165) is 38.2 Å². The SMILES string of the molecule is Cn1cc(CN2CCC[C@]3(C[C@H](OCc4ccccn4)CO3)C2)cn1. The molecule has 2 aromatic heterocycles. The number of aromatic nitrogens is 3.